The zero-order valence-electron chi connectivity index (χ0n) is 5.51. The molecule has 0 aromatic heterocycles. The van der Waals surface area contributed by atoms with Gasteiger partial charge in [-0.15, -0.1) is 0 Å². The van der Waals surface area contributed by atoms with E-state index < -0.39 is 0 Å². The summed E-state index contributed by atoms with van der Waals surface area (Å²) in [6, 6.07) is 0. The van der Waals surface area contributed by atoms with E-state index in [4.69, 9.17) is 10.6 Å². The lowest BCUT2D eigenvalue weighted by atomic mass is 10.1. The van der Waals surface area contributed by atoms with Crippen LogP contribution in [0.5, 0.6) is 0 Å². The zero-order valence-corrected chi connectivity index (χ0v) is 5.51. The molecule has 1 saturated heterocycles. The molecule has 0 aromatic rings. The molecule has 1 unspecified atom stereocenters. The summed E-state index contributed by atoms with van der Waals surface area (Å²) in [6.45, 7) is 2.46. The molecule has 2 N–H and O–H groups in total. The molecule has 0 spiro atoms. The molecule has 0 saturated carbocycles. The summed E-state index contributed by atoms with van der Waals surface area (Å²) in [5, 5.41) is 0. The smallest absolute Gasteiger partial charge is 0.0682 e. The van der Waals surface area contributed by atoms with Gasteiger partial charge in [-0.2, -0.15) is 0 Å². The summed E-state index contributed by atoms with van der Waals surface area (Å²) >= 11 is 0. The molecule has 1 heterocycles. The standard InChI is InChI=1S/C6H13NO2/c7-9-4-2-6-1-3-8-5-6/h6H,1-5,7H2. The van der Waals surface area contributed by atoms with Crippen LogP contribution in [0, 0.1) is 5.92 Å². The van der Waals surface area contributed by atoms with Crippen molar-refractivity contribution in [2.75, 3.05) is 19.8 Å². The maximum absolute atomic E-state index is 5.16. The van der Waals surface area contributed by atoms with Gasteiger partial charge in [-0.3, -0.25) is 0 Å². The third-order valence-electron chi connectivity index (χ3n) is 1.67. The highest BCUT2D eigenvalue weighted by molar-refractivity contribution is 4.62. The van der Waals surface area contributed by atoms with Crippen LogP contribution in [0.1, 0.15) is 12.8 Å². The molecule has 0 aromatic carbocycles. The van der Waals surface area contributed by atoms with Gasteiger partial charge in [0, 0.05) is 13.2 Å². The van der Waals surface area contributed by atoms with Crippen molar-refractivity contribution in [3.8, 4) is 0 Å². The molecule has 3 nitrogen and oxygen atoms in total. The lowest BCUT2D eigenvalue weighted by Gasteiger charge is -2.03. The van der Waals surface area contributed by atoms with Crippen LogP contribution in [0.3, 0.4) is 0 Å². The molecule has 1 rings (SSSR count). The van der Waals surface area contributed by atoms with Crippen molar-refractivity contribution in [3.63, 3.8) is 0 Å². The van der Waals surface area contributed by atoms with E-state index in [1.165, 1.54) is 6.42 Å². The van der Waals surface area contributed by atoms with Gasteiger partial charge in [0.25, 0.3) is 0 Å². The molecule has 54 valence electrons. The fourth-order valence-electron chi connectivity index (χ4n) is 1.05. The quantitative estimate of drug-likeness (QED) is 0.560. The lowest BCUT2D eigenvalue weighted by molar-refractivity contribution is 0.116. The largest absolute Gasteiger partial charge is 0.381 e. The second kappa shape index (κ2) is 3.82. The van der Waals surface area contributed by atoms with E-state index in [0.29, 0.717) is 12.5 Å². The SMILES string of the molecule is NOCCC1CCOC1. The summed E-state index contributed by atoms with van der Waals surface area (Å²) in [5.74, 6) is 5.55. The maximum atomic E-state index is 5.16. The highest BCUT2D eigenvalue weighted by atomic mass is 16.6. The second-order valence-corrected chi connectivity index (χ2v) is 2.39. The van der Waals surface area contributed by atoms with Gasteiger partial charge < -0.3 is 9.57 Å². The van der Waals surface area contributed by atoms with Crippen LogP contribution >= 0.6 is 0 Å². The van der Waals surface area contributed by atoms with Crippen LogP contribution in [0.15, 0.2) is 0 Å². The molecule has 0 amide bonds. The molecule has 9 heavy (non-hydrogen) atoms. The third-order valence-corrected chi connectivity index (χ3v) is 1.67. The number of ether oxygens (including phenoxy) is 1. The van der Waals surface area contributed by atoms with E-state index >= 15 is 0 Å². The summed E-state index contributed by atoms with van der Waals surface area (Å²) in [5.41, 5.74) is 0. The highest BCUT2D eigenvalue weighted by Crippen LogP contribution is 2.15. The minimum absolute atomic E-state index is 0.661. The van der Waals surface area contributed by atoms with Crippen molar-refractivity contribution in [1.82, 2.24) is 0 Å². The van der Waals surface area contributed by atoms with Gasteiger partial charge in [0.15, 0.2) is 0 Å². The summed E-state index contributed by atoms with van der Waals surface area (Å²) in [6.07, 6.45) is 2.21. The van der Waals surface area contributed by atoms with E-state index in [1.807, 2.05) is 0 Å². The topological polar surface area (TPSA) is 44.5 Å². The van der Waals surface area contributed by atoms with Crippen LogP contribution in [0.2, 0.25) is 0 Å². The van der Waals surface area contributed by atoms with E-state index in [0.717, 1.165) is 19.6 Å². The van der Waals surface area contributed by atoms with E-state index in [-0.39, 0.29) is 0 Å². The monoisotopic (exact) mass is 131 g/mol. The number of rotatable bonds is 3. The van der Waals surface area contributed by atoms with Crippen molar-refractivity contribution < 1.29 is 9.57 Å². The molecule has 0 aliphatic carbocycles. The number of hydrogen-bond acceptors (Lipinski definition) is 3. The number of nitrogens with two attached hydrogens (primary N) is 1. The van der Waals surface area contributed by atoms with Gasteiger partial charge in [0.2, 0.25) is 0 Å². The Morgan fingerprint density at radius 1 is 1.67 bits per heavy atom. The Morgan fingerprint density at radius 2 is 2.56 bits per heavy atom. The van der Waals surface area contributed by atoms with Gasteiger partial charge in [0.1, 0.15) is 0 Å². The average Bonchev–Trinajstić information content (AvgIpc) is 2.34. The van der Waals surface area contributed by atoms with Crippen molar-refractivity contribution in [2.24, 2.45) is 11.8 Å². The fraction of sp³-hybridized carbons (Fsp3) is 1.00. The van der Waals surface area contributed by atoms with Crippen LogP contribution in [-0.2, 0) is 9.57 Å². The first kappa shape index (κ1) is 6.99. The Morgan fingerprint density at radius 3 is 3.11 bits per heavy atom. The zero-order chi connectivity index (χ0) is 6.53. The van der Waals surface area contributed by atoms with Crippen molar-refractivity contribution >= 4 is 0 Å². The van der Waals surface area contributed by atoms with Crippen LogP contribution in [0.4, 0.5) is 0 Å². The van der Waals surface area contributed by atoms with Gasteiger partial charge in [0.05, 0.1) is 6.61 Å². The summed E-state index contributed by atoms with van der Waals surface area (Å²) < 4.78 is 5.16. The average molecular weight is 131 g/mol. The third kappa shape index (κ3) is 2.30. The molecule has 3 heteroatoms. The van der Waals surface area contributed by atoms with Crippen LogP contribution in [0.25, 0.3) is 0 Å². The first-order valence-corrected chi connectivity index (χ1v) is 3.33. The van der Waals surface area contributed by atoms with Gasteiger partial charge in [-0.05, 0) is 18.8 Å². The molecule has 1 atom stereocenters. The molecule has 1 aliphatic rings. The molecule has 0 radical (unpaired) electrons. The van der Waals surface area contributed by atoms with E-state index in [2.05, 4.69) is 4.84 Å². The summed E-state index contributed by atoms with van der Waals surface area (Å²) in [7, 11) is 0. The Hall–Kier alpha value is -0.120. The molecular formula is C6H13NO2. The second-order valence-electron chi connectivity index (χ2n) is 2.39. The Labute approximate surface area is 55.1 Å². The van der Waals surface area contributed by atoms with Crippen LogP contribution < -0.4 is 5.90 Å². The minimum Gasteiger partial charge on any atom is -0.381 e. The van der Waals surface area contributed by atoms with Crippen molar-refractivity contribution in [2.45, 2.75) is 12.8 Å². The highest BCUT2D eigenvalue weighted by Gasteiger charge is 2.14. The van der Waals surface area contributed by atoms with E-state index in [9.17, 15) is 0 Å². The Kier molecular flexibility index (Phi) is 2.97. The lowest BCUT2D eigenvalue weighted by Crippen LogP contribution is -2.07. The molecule has 1 fully saturated rings. The first-order valence-electron chi connectivity index (χ1n) is 3.33. The Balaban J connectivity index is 1.98. The summed E-state index contributed by atoms with van der Waals surface area (Å²) in [4.78, 5) is 4.45. The molecule has 1 aliphatic heterocycles. The van der Waals surface area contributed by atoms with Gasteiger partial charge in [-0.25, -0.2) is 5.90 Å². The molecular weight excluding hydrogens is 118 g/mol. The maximum Gasteiger partial charge on any atom is 0.0682 e. The molecule has 0 bridgehead atoms. The van der Waals surface area contributed by atoms with E-state index in [1.54, 1.807) is 0 Å². The predicted molar refractivity (Wildman–Crippen MR) is 33.7 cm³/mol. The van der Waals surface area contributed by atoms with Crippen LogP contribution in [-0.4, -0.2) is 19.8 Å². The fourth-order valence-corrected chi connectivity index (χ4v) is 1.05. The van der Waals surface area contributed by atoms with Gasteiger partial charge >= 0.3 is 0 Å². The Bertz CT molecular complexity index is 71.5. The van der Waals surface area contributed by atoms with Gasteiger partial charge in [-0.1, -0.05) is 0 Å². The normalized spacial score (nSPS) is 27.0. The number of hydrogen-bond donors (Lipinski definition) is 1. The minimum atomic E-state index is 0.661. The first-order chi connectivity index (χ1) is 4.43. The predicted octanol–water partition coefficient (Wildman–Crippen LogP) is 0.303. The van der Waals surface area contributed by atoms with Crippen molar-refractivity contribution in [3.05, 3.63) is 0 Å². The van der Waals surface area contributed by atoms with Crippen molar-refractivity contribution in [1.29, 1.82) is 0 Å².